The van der Waals surface area contributed by atoms with Crippen LogP contribution < -0.4 is 14.8 Å². The minimum absolute atomic E-state index is 0.264. The molecule has 0 saturated heterocycles. The fraction of sp³-hybridized carbons (Fsp3) is 0.158. The molecule has 0 aliphatic heterocycles. The van der Waals surface area contributed by atoms with Gasteiger partial charge in [-0.2, -0.15) is 0 Å². The highest BCUT2D eigenvalue weighted by molar-refractivity contribution is 7.13. The number of carbonyl (C=O) groups excluding carboxylic acids is 1. The zero-order valence-corrected chi connectivity index (χ0v) is 15.0. The number of carbonyl (C=O) groups is 1. The molecule has 0 unspecified atom stereocenters. The van der Waals surface area contributed by atoms with Gasteiger partial charge < -0.3 is 14.8 Å². The third-order valence-electron chi connectivity index (χ3n) is 3.68. The van der Waals surface area contributed by atoms with Gasteiger partial charge in [0.05, 0.1) is 19.9 Å². The lowest BCUT2D eigenvalue weighted by molar-refractivity contribution is 0.102. The fourth-order valence-corrected chi connectivity index (χ4v) is 3.16. The van der Waals surface area contributed by atoms with E-state index in [1.807, 2.05) is 49.4 Å². The predicted octanol–water partition coefficient (Wildman–Crippen LogP) is 4.39. The number of thiazole rings is 1. The van der Waals surface area contributed by atoms with Gasteiger partial charge in [0.1, 0.15) is 22.2 Å². The Morgan fingerprint density at radius 2 is 1.84 bits per heavy atom. The summed E-state index contributed by atoms with van der Waals surface area (Å²) in [7, 11) is 3.20. The molecule has 0 saturated carbocycles. The summed E-state index contributed by atoms with van der Waals surface area (Å²) in [5.74, 6) is 1.13. The van der Waals surface area contributed by atoms with E-state index in [2.05, 4.69) is 10.3 Å². The Hall–Kier alpha value is -2.86. The fourth-order valence-electron chi connectivity index (χ4n) is 2.35. The van der Waals surface area contributed by atoms with Crippen molar-refractivity contribution in [1.82, 2.24) is 4.98 Å². The van der Waals surface area contributed by atoms with Gasteiger partial charge in [-0.3, -0.25) is 4.79 Å². The highest BCUT2D eigenvalue weighted by Crippen LogP contribution is 2.28. The van der Waals surface area contributed by atoms with Crippen molar-refractivity contribution >= 4 is 22.9 Å². The standard InChI is InChI=1S/C19H18N2O3S/c1-12-4-9-17(24-3)15(10-12)20-18(22)16-11-25-19(21-16)13-5-7-14(23-2)8-6-13/h4-11H,1-3H3,(H,20,22). The number of aromatic nitrogens is 1. The Morgan fingerprint density at radius 1 is 1.08 bits per heavy atom. The molecule has 3 rings (SSSR count). The van der Waals surface area contributed by atoms with Crippen LogP contribution in [0.2, 0.25) is 0 Å². The maximum Gasteiger partial charge on any atom is 0.275 e. The largest absolute Gasteiger partial charge is 0.497 e. The molecule has 25 heavy (non-hydrogen) atoms. The molecule has 128 valence electrons. The summed E-state index contributed by atoms with van der Waals surface area (Å²) in [6, 6.07) is 13.2. The van der Waals surface area contributed by atoms with E-state index in [1.54, 1.807) is 19.6 Å². The molecule has 2 aromatic carbocycles. The number of hydrogen-bond acceptors (Lipinski definition) is 5. The van der Waals surface area contributed by atoms with Gasteiger partial charge in [-0.1, -0.05) is 6.07 Å². The molecule has 0 bridgehead atoms. The summed E-state index contributed by atoms with van der Waals surface area (Å²) < 4.78 is 10.4. The molecule has 1 heterocycles. The second-order valence-electron chi connectivity index (χ2n) is 5.42. The van der Waals surface area contributed by atoms with Crippen LogP contribution in [0, 0.1) is 6.92 Å². The second kappa shape index (κ2) is 7.36. The second-order valence-corrected chi connectivity index (χ2v) is 6.28. The van der Waals surface area contributed by atoms with Gasteiger partial charge in [-0.15, -0.1) is 11.3 Å². The van der Waals surface area contributed by atoms with Gasteiger partial charge in [0.15, 0.2) is 0 Å². The Bertz CT molecular complexity index is 888. The number of methoxy groups -OCH3 is 2. The predicted molar refractivity (Wildman–Crippen MR) is 99.8 cm³/mol. The van der Waals surface area contributed by atoms with Crippen molar-refractivity contribution in [3.05, 3.63) is 59.1 Å². The summed E-state index contributed by atoms with van der Waals surface area (Å²) in [5, 5.41) is 5.39. The summed E-state index contributed by atoms with van der Waals surface area (Å²) in [6.07, 6.45) is 0. The summed E-state index contributed by atoms with van der Waals surface area (Å²) in [6.45, 7) is 1.96. The Kier molecular flexibility index (Phi) is 5.00. The zero-order valence-electron chi connectivity index (χ0n) is 14.2. The lowest BCUT2D eigenvalue weighted by Crippen LogP contribution is -2.13. The van der Waals surface area contributed by atoms with Crippen molar-refractivity contribution in [3.63, 3.8) is 0 Å². The van der Waals surface area contributed by atoms with E-state index in [4.69, 9.17) is 9.47 Å². The molecular formula is C19H18N2O3S. The van der Waals surface area contributed by atoms with E-state index in [9.17, 15) is 4.79 Å². The van der Waals surface area contributed by atoms with Crippen molar-refractivity contribution in [1.29, 1.82) is 0 Å². The first kappa shape index (κ1) is 17.0. The van der Waals surface area contributed by atoms with Gasteiger partial charge >= 0.3 is 0 Å². The first-order valence-electron chi connectivity index (χ1n) is 7.66. The molecule has 0 spiro atoms. The third-order valence-corrected chi connectivity index (χ3v) is 4.57. The molecule has 3 aromatic rings. The minimum atomic E-state index is -0.264. The maximum atomic E-state index is 12.5. The van der Waals surface area contributed by atoms with E-state index in [0.29, 0.717) is 17.1 Å². The van der Waals surface area contributed by atoms with Crippen LogP contribution in [0.15, 0.2) is 47.8 Å². The molecule has 0 aliphatic carbocycles. The van der Waals surface area contributed by atoms with Crippen LogP contribution in [0.5, 0.6) is 11.5 Å². The molecule has 1 aromatic heterocycles. The number of amides is 1. The molecule has 5 nitrogen and oxygen atoms in total. The van der Waals surface area contributed by atoms with Crippen molar-refractivity contribution in [2.24, 2.45) is 0 Å². The quantitative estimate of drug-likeness (QED) is 0.738. The van der Waals surface area contributed by atoms with Crippen LogP contribution in [0.1, 0.15) is 16.1 Å². The van der Waals surface area contributed by atoms with Gasteiger partial charge in [0.25, 0.3) is 5.91 Å². The van der Waals surface area contributed by atoms with E-state index < -0.39 is 0 Å². The van der Waals surface area contributed by atoms with Crippen molar-refractivity contribution in [2.75, 3.05) is 19.5 Å². The van der Waals surface area contributed by atoms with Gasteiger partial charge in [-0.05, 0) is 48.9 Å². The normalized spacial score (nSPS) is 10.4. The Balaban J connectivity index is 1.80. The molecule has 1 amide bonds. The third kappa shape index (κ3) is 3.80. The number of nitrogens with one attached hydrogen (secondary N) is 1. The smallest absolute Gasteiger partial charge is 0.275 e. The number of benzene rings is 2. The SMILES string of the molecule is COc1ccc(-c2nc(C(=O)Nc3cc(C)ccc3OC)cs2)cc1. The molecule has 0 radical (unpaired) electrons. The van der Waals surface area contributed by atoms with E-state index in [-0.39, 0.29) is 5.91 Å². The zero-order chi connectivity index (χ0) is 17.8. The van der Waals surface area contributed by atoms with Crippen LogP contribution in [-0.2, 0) is 0 Å². The lowest BCUT2D eigenvalue weighted by Gasteiger charge is -2.10. The van der Waals surface area contributed by atoms with Crippen LogP contribution in [0.25, 0.3) is 10.6 Å². The van der Waals surface area contributed by atoms with Crippen LogP contribution in [0.4, 0.5) is 5.69 Å². The Morgan fingerprint density at radius 3 is 2.52 bits per heavy atom. The number of rotatable bonds is 5. The number of ether oxygens (including phenoxy) is 2. The van der Waals surface area contributed by atoms with Crippen molar-refractivity contribution in [2.45, 2.75) is 6.92 Å². The van der Waals surface area contributed by atoms with Gasteiger partial charge in [0.2, 0.25) is 0 Å². The average Bonchev–Trinajstić information content (AvgIpc) is 3.12. The molecule has 1 N–H and O–H groups in total. The van der Waals surface area contributed by atoms with Gasteiger partial charge in [0, 0.05) is 10.9 Å². The Labute approximate surface area is 150 Å². The summed E-state index contributed by atoms with van der Waals surface area (Å²) >= 11 is 1.42. The minimum Gasteiger partial charge on any atom is -0.497 e. The molecular weight excluding hydrogens is 336 g/mol. The average molecular weight is 354 g/mol. The number of hydrogen-bond donors (Lipinski definition) is 1. The van der Waals surface area contributed by atoms with Crippen LogP contribution >= 0.6 is 11.3 Å². The first-order chi connectivity index (χ1) is 12.1. The number of nitrogens with zero attached hydrogens (tertiary/aromatic N) is 1. The topological polar surface area (TPSA) is 60.5 Å². The van der Waals surface area contributed by atoms with E-state index >= 15 is 0 Å². The molecule has 0 atom stereocenters. The highest BCUT2D eigenvalue weighted by Gasteiger charge is 2.14. The molecule has 6 heteroatoms. The van der Waals surface area contributed by atoms with Crippen LogP contribution in [0.3, 0.4) is 0 Å². The number of anilines is 1. The van der Waals surface area contributed by atoms with Crippen molar-refractivity contribution < 1.29 is 14.3 Å². The summed E-state index contributed by atoms with van der Waals surface area (Å²) in [5.41, 5.74) is 2.98. The maximum absolute atomic E-state index is 12.5. The van der Waals surface area contributed by atoms with E-state index in [0.717, 1.165) is 21.9 Å². The first-order valence-corrected chi connectivity index (χ1v) is 8.54. The highest BCUT2D eigenvalue weighted by atomic mass is 32.1. The van der Waals surface area contributed by atoms with Crippen molar-refractivity contribution in [3.8, 4) is 22.1 Å². The summed E-state index contributed by atoms with van der Waals surface area (Å²) in [4.78, 5) is 16.9. The lowest BCUT2D eigenvalue weighted by atomic mass is 10.2. The van der Waals surface area contributed by atoms with Gasteiger partial charge in [-0.25, -0.2) is 4.98 Å². The van der Waals surface area contributed by atoms with Crippen LogP contribution in [-0.4, -0.2) is 25.1 Å². The molecule has 0 fully saturated rings. The number of aryl methyl sites for hydroxylation is 1. The monoisotopic (exact) mass is 354 g/mol. The van der Waals surface area contributed by atoms with E-state index in [1.165, 1.54) is 11.3 Å². The molecule has 0 aliphatic rings.